The van der Waals surface area contributed by atoms with E-state index in [0.717, 1.165) is 6.07 Å². The normalized spacial score (nSPS) is 18.9. The van der Waals surface area contributed by atoms with Crippen LogP contribution in [0.5, 0.6) is 0 Å². The van der Waals surface area contributed by atoms with Crippen molar-refractivity contribution >= 4 is 5.91 Å². The van der Waals surface area contributed by atoms with Gasteiger partial charge in [0.2, 0.25) is 0 Å². The number of aromatic nitrogens is 2. The fourth-order valence-corrected chi connectivity index (χ4v) is 2.60. The molecule has 1 amide bonds. The molecule has 0 aliphatic carbocycles. The van der Waals surface area contributed by atoms with Gasteiger partial charge in [0.05, 0.1) is 18.7 Å². The molecule has 1 aliphatic heterocycles. The lowest BCUT2D eigenvalue weighted by molar-refractivity contribution is -0.140. The van der Waals surface area contributed by atoms with Gasteiger partial charge < -0.3 is 9.64 Å². The van der Waals surface area contributed by atoms with Crippen molar-refractivity contribution < 1.29 is 22.7 Å². The first-order chi connectivity index (χ1) is 11.0. The summed E-state index contributed by atoms with van der Waals surface area (Å²) in [6, 6.07) is 6.80. The monoisotopic (exact) mass is 325 g/mol. The molecule has 0 spiro atoms. The van der Waals surface area contributed by atoms with Crippen LogP contribution >= 0.6 is 0 Å². The summed E-state index contributed by atoms with van der Waals surface area (Å²) in [5, 5.41) is 6.27. The molecular weight excluding hydrogens is 311 g/mol. The number of carbonyl (C=O) groups is 1. The number of benzene rings is 1. The van der Waals surface area contributed by atoms with E-state index in [4.69, 9.17) is 4.74 Å². The molecule has 1 N–H and O–H groups in total. The van der Waals surface area contributed by atoms with Crippen LogP contribution in [-0.4, -0.2) is 40.7 Å². The maximum atomic E-state index is 13.1. The molecule has 0 radical (unpaired) electrons. The Morgan fingerprint density at radius 2 is 2.09 bits per heavy atom. The lowest BCUT2D eigenvalue weighted by atomic mass is 10.0. The average molecular weight is 325 g/mol. The molecule has 1 atom stereocenters. The molecule has 0 unspecified atom stereocenters. The van der Waals surface area contributed by atoms with Crippen LogP contribution in [0.1, 0.15) is 27.7 Å². The Morgan fingerprint density at radius 3 is 2.78 bits per heavy atom. The van der Waals surface area contributed by atoms with E-state index >= 15 is 0 Å². The van der Waals surface area contributed by atoms with Crippen LogP contribution < -0.4 is 0 Å². The number of rotatable bonds is 2. The number of H-pyrrole nitrogens is 1. The van der Waals surface area contributed by atoms with Crippen LogP contribution in [0.3, 0.4) is 0 Å². The summed E-state index contributed by atoms with van der Waals surface area (Å²) in [5.74, 6) is -0.305. The number of morpholine rings is 1. The van der Waals surface area contributed by atoms with Crippen molar-refractivity contribution in [2.75, 3.05) is 19.7 Å². The highest BCUT2D eigenvalue weighted by atomic mass is 19.4. The highest BCUT2D eigenvalue weighted by Gasteiger charge is 2.37. The zero-order valence-corrected chi connectivity index (χ0v) is 12.0. The van der Waals surface area contributed by atoms with E-state index in [9.17, 15) is 18.0 Å². The third kappa shape index (κ3) is 3.21. The highest BCUT2D eigenvalue weighted by Crippen LogP contribution is 2.36. The molecule has 2 heterocycles. The van der Waals surface area contributed by atoms with Crippen molar-refractivity contribution in [3.8, 4) is 0 Å². The number of aromatic amines is 1. The fraction of sp³-hybridized carbons (Fsp3) is 0.333. The van der Waals surface area contributed by atoms with E-state index < -0.39 is 17.8 Å². The van der Waals surface area contributed by atoms with Crippen LogP contribution in [0.4, 0.5) is 13.2 Å². The number of hydrogen-bond donors (Lipinski definition) is 1. The smallest absolute Gasteiger partial charge is 0.370 e. The molecule has 23 heavy (non-hydrogen) atoms. The van der Waals surface area contributed by atoms with Crippen LogP contribution in [0.15, 0.2) is 36.5 Å². The van der Waals surface area contributed by atoms with E-state index in [1.807, 2.05) is 0 Å². The number of ether oxygens (including phenoxy) is 1. The van der Waals surface area contributed by atoms with Gasteiger partial charge in [0.25, 0.3) is 5.91 Å². The summed E-state index contributed by atoms with van der Waals surface area (Å²) >= 11 is 0. The maximum absolute atomic E-state index is 13.1. The van der Waals surface area contributed by atoms with E-state index in [1.54, 1.807) is 0 Å². The minimum atomic E-state index is -4.46. The predicted molar refractivity (Wildman–Crippen MR) is 74.6 cm³/mol. The fourth-order valence-electron chi connectivity index (χ4n) is 2.60. The molecule has 1 saturated heterocycles. The van der Waals surface area contributed by atoms with Crippen LogP contribution in [0, 0.1) is 0 Å². The molecule has 5 nitrogen and oxygen atoms in total. The molecule has 8 heteroatoms. The zero-order chi connectivity index (χ0) is 16.4. The number of carbonyl (C=O) groups excluding carboxylic acids is 1. The SMILES string of the molecule is O=C(c1ccn[nH]1)N1CCO[C@@H](c2ccccc2C(F)(F)F)C1. The summed E-state index contributed by atoms with van der Waals surface area (Å²) in [6.45, 7) is 0.560. The summed E-state index contributed by atoms with van der Waals surface area (Å²) in [6.07, 6.45) is -3.83. The van der Waals surface area contributed by atoms with Gasteiger partial charge in [-0.15, -0.1) is 0 Å². The van der Waals surface area contributed by atoms with Crippen LogP contribution in [-0.2, 0) is 10.9 Å². The Morgan fingerprint density at radius 1 is 1.30 bits per heavy atom. The molecule has 1 aromatic heterocycles. The molecule has 3 rings (SSSR count). The van der Waals surface area contributed by atoms with E-state index in [1.165, 1.54) is 35.4 Å². The summed E-state index contributed by atoms with van der Waals surface area (Å²) in [7, 11) is 0. The van der Waals surface area contributed by atoms with Gasteiger partial charge in [0, 0.05) is 12.7 Å². The first kappa shape index (κ1) is 15.5. The maximum Gasteiger partial charge on any atom is 0.416 e. The molecule has 2 aromatic rings. The van der Waals surface area contributed by atoms with Gasteiger partial charge in [-0.3, -0.25) is 9.89 Å². The second kappa shape index (κ2) is 6.04. The average Bonchev–Trinajstić information content (AvgIpc) is 3.08. The largest absolute Gasteiger partial charge is 0.416 e. The first-order valence-electron chi connectivity index (χ1n) is 7.03. The zero-order valence-electron chi connectivity index (χ0n) is 12.0. The van der Waals surface area contributed by atoms with Gasteiger partial charge in [0.1, 0.15) is 11.8 Å². The third-order valence-corrected chi connectivity index (χ3v) is 3.70. The van der Waals surface area contributed by atoms with Gasteiger partial charge in [-0.25, -0.2) is 0 Å². The first-order valence-corrected chi connectivity index (χ1v) is 7.03. The third-order valence-electron chi connectivity index (χ3n) is 3.70. The van der Waals surface area contributed by atoms with Gasteiger partial charge in [0.15, 0.2) is 0 Å². The second-order valence-corrected chi connectivity index (χ2v) is 5.17. The summed E-state index contributed by atoms with van der Waals surface area (Å²) in [5.41, 5.74) is -0.391. The van der Waals surface area contributed by atoms with Gasteiger partial charge >= 0.3 is 6.18 Å². The Kier molecular flexibility index (Phi) is 4.08. The molecule has 122 valence electrons. The topological polar surface area (TPSA) is 58.2 Å². The van der Waals surface area contributed by atoms with Crippen LogP contribution in [0.25, 0.3) is 0 Å². The summed E-state index contributed by atoms with van der Waals surface area (Å²) < 4.78 is 44.9. The van der Waals surface area contributed by atoms with Crippen molar-refractivity contribution in [3.05, 3.63) is 53.3 Å². The Labute approximate surface area is 130 Å². The predicted octanol–water partition coefficient (Wildman–Crippen LogP) is 2.64. The number of nitrogens with zero attached hydrogens (tertiary/aromatic N) is 2. The van der Waals surface area contributed by atoms with Gasteiger partial charge in [-0.2, -0.15) is 18.3 Å². The van der Waals surface area contributed by atoms with Crippen molar-refractivity contribution in [1.29, 1.82) is 0 Å². The van der Waals surface area contributed by atoms with Crippen molar-refractivity contribution in [2.24, 2.45) is 0 Å². The van der Waals surface area contributed by atoms with Gasteiger partial charge in [-0.05, 0) is 17.7 Å². The van der Waals surface area contributed by atoms with E-state index in [0.29, 0.717) is 12.2 Å². The highest BCUT2D eigenvalue weighted by molar-refractivity contribution is 5.92. The number of hydrogen-bond acceptors (Lipinski definition) is 3. The Balaban J connectivity index is 1.84. The van der Waals surface area contributed by atoms with E-state index in [-0.39, 0.29) is 24.6 Å². The Hall–Kier alpha value is -2.35. The second-order valence-electron chi connectivity index (χ2n) is 5.17. The standard InChI is InChI=1S/C15H14F3N3O2/c16-15(17,18)11-4-2-1-3-10(11)13-9-21(7-8-23-13)14(22)12-5-6-19-20-12/h1-6,13H,7-9H2,(H,19,20)/t13-/m1/s1. The quantitative estimate of drug-likeness (QED) is 0.923. The molecule has 0 bridgehead atoms. The summed E-state index contributed by atoms with van der Waals surface area (Å²) in [4.78, 5) is 13.8. The number of alkyl halides is 3. The molecule has 1 aliphatic rings. The van der Waals surface area contributed by atoms with Crippen LogP contribution in [0.2, 0.25) is 0 Å². The van der Waals surface area contributed by atoms with Crippen molar-refractivity contribution in [3.63, 3.8) is 0 Å². The number of amides is 1. The molecule has 1 fully saturated rings. The molecular formula is C15H14F3N3O2. The minimum Gasteiger partial charge on any atom is -0.370 e. The lowest BCUT2D eigenvalue weighted by Gasteiger charge is -2.33. The minimum absolute atomic E-state index is 0.0436. The molecule has 0 saturated carbocycles. The van der Waals surface area contributed by atoms with Crippen molar-refractivity contribution in [1.82, 2.24) is 15.1 Å². The van der Waals surface area contributed by atoms with Crippen molar-refractivity contribution in [2.45, 2.75) is 12.3 Å². The number of halogens is 3. The lowest BCUT2D eigenvalue weighted by Crippen LogP contribution is -2.42. The molecule has 1 aromatic carbocycles. The van der Waals surface area contributed by atoms with Gasteiger partial charge in [-0.1, -0.05) is 18.2 Å². The van der Waals surface area contributed by atoms with E-state index in [2.05, 4.69) is 10.2 Å². The Bertz CT molecular complexity index is 686. The number of nitrogens with one attached hydrogen (secondary N) is 1.